The molecule has 1 aromatic carbocycles. The van der Waals surface area contributed by atoms with E-state index >= 15 is 0 Å². The predicted octanol–water partition coefficient (Wildman–Crippen LogP) is 3.81. The fourth-order valence-electron chi connectivity index (χ4n) is 1.18. The van der Waals surface area contributed by atoms with Gasteiger partial charge in [0.2, 0.25) is 0 Å². The lowest BCUT2D eigenvalue weighted by atomic mass is 10.2. The number of thioether (sulfide) groups is 1. The molecule has 0 aromatic heterocycles. The topological polar surface area (TPSA) is 49.3 Å². The van der Waals surface area contributed by atoms with Crippen LogP contribution >= 0.6 is 27.7 Å². The molecule has 100 valence electrons. The van der Waals surface area contributed by atoms with Gasteiger partial charge in [-0.2, -0.15) is 13.2 Å². The van der Waals surface area contributed by atoms with E-state index in [9.17, 15) is 18.0 Å². The smallest absolute Gasteiger partial charge is 0.441 e. The van der Waals surface area contributed by atoms with E-state index in [0.29, 0.717) is 10.2 Å². The van der Waals surface area contributed by atoms with E-state index in [1.807, 2.05) is 0 Å². The van der Waals surface area contributed by atoms with Crippen LogP contribution in [-0.4, -0.2) is 28.9 Å². The third-order valence-corrected chi connectivity index (χ3v) is 3.04. The lowest BCUT2D eigenvalue weighted by Gasteiger charge is -2.09. The number of carbonyl (C=O) groups is 1. The van der Waals surface area contributed by atoms with Gasteiger partial charge >= 0.3 is 11.5 Å². The van der Waals surface area contributed by atoms with E-state index in [-0.39, 0.29) is 29.6 Å². The summed E-state index contributed by atoms with van der Waals surface area (Å²) >= 11 is 3.01. The molecule has 0 radical (unpaired) electrons. The molecule has 1 rings (SSSR count). The van der Waals surface area contributed by atoms with Gasteiger partial charge in [0.25, 0.3) is 0 Å². The maximum atomic E-state index is 11.9. The summed E-state index contributed by atoms with van der Waals surface area (Å²) in [5.41, 5.74) is -3.72. The molecule has 3 nitrogen and oxygen atoms in total. The fourth-order valence-corrected chi connectivity index (χ4v) is 2.11. The molecule has 0 spiro atoms. The molecule has 2 N–H and O–H groups in total. The largest absolute Gasteiger partial charge is 0.478 e. The zero-order chi connectivity index (χ0) is 13.8. The molecule has 0 saturated heterocycles. The van der Waals surface area contributed by atoms with Crippen molar-refractivity contribution in [2.24, 2.45) is 0 Å². The summed E-state index contributed by atoms with van der Waals surface area (Å²) in [6.07, 6.45) is 0. The summed E-state index contributed by atoms with van der Waals surface area (Å²) in [5.74, 6) is -1.23. The van der Waals surface area contributed by atoms with Crippen molar-refractivity contribution in [1.29, 1.82) is 0 Å². The van der Waals surface area contributed by atoms with E-state index < -0.39 is 11.5 Å². The van der Waals surface area contributed by atoms with Crippen LogP contribution in [0, 0.1) is 0 Å². The number of carboxylic acids is 1. The van der Waals surface area contributed by atoms with Crippen molar-refractivity contribution in [3.8, 4) is 0 Å². The number of hydrogen-bond donors (Lipinski definition) is 2. The Morgan fingerprint density at radius 3 is 2.61 bits per heavy atom. The highest BCUT2D eigenvalue weighted by molar-refractivity contribution is 9.10. The molecule has 0 aliphatic heterocycles. The number of aromatic carboxylic acids is 1. The molecule has 0 saturated carbocycles. The monoisotopic (exact) mass is 343 g/mol. The Balaban J connectivity index is 2.55. The van der Waals surface area contributed by atoms with Crippen molar-refractivity contribution in [2.75, 3.05) is 17.6 Å². The van der Waals surface area contributed by atoms with E-state index in [0.717, 1.165) is 0 Å². The summed E-state index contributed by atoms with van der Waals surface area (Å²) < 4.78 is 36.1. The van der Waals surface area contributed by atoms with E-state index in [1.54, 1.807) is 6.07 Å². The van der Waals surface area contributed by atoms with Crippen LogP contribution in [-0.2, 0) is 0 Å². The lowest BCUT2D eigenvalue weighted by Crippen LogP contribution is -2.10. The van der Waals surface area contributed by atoms with Gasteiger partial charge < -0.3 is 10.4 Å². The minimum absolute atomic E-state index is 0.0651. The van der Waals surface area contributed by atoms with Crippen LogP contribution in [0.5, 0.6) is 0 Å². The van der Waals surface area contributed by atoms with Crippen molar-refractivity contribution in [1.82, 2.24) is 0 Å². The van der Waals surface area contributed by atoms with Crippen molar-refractivity contribution in [2.45, 2.75) is 5.51 Å². The van der Waals surface area contributed by atoms with Crippen molar-refractivity contribution in [3.05, 3.63) is 28.2 Å². The van der Waals surface area contributed by atoms with Crippen LogP contribution in [0.1, 0.15) is 10.4 Å². The molecule has 0 unspecified atom stereocenters. The molecule has 0 heterocycles. The fraction of sp³-hybridized carbons (Fsp3) is 0.300. The van der Waals surface area contributed by atoms with Gasteiger partial charge in [-0.1, -0.05) is 15.9 Å². The first-order valence-corrected chi connectivity index (χ1v) is 6.54. The molecule has 0 fully saturated rings. The van der Waals surface area contributed by atoms with Crippen molar-refractivity contribution < 1.29 is 23.1 Å². The van der Waals surface area contributed by atoms with Crippen molar-refractivity contribution >= 4 is 39.3 Å². The molecule has 0 aliphatic carbocycles. The number of hydrogen-bond acceptors (Lipinski definition) is 3. The Bertz CT molecular complexity index is 440. The first-order chi connectivity index (χ1) is 8.28. The second-order valence-corrected chi connectivity index (χ2v) is 5.33. The molecule has 0 atom stereocenters. The van der Waals surface area contributed by atoms with Gasteiger partial charge in [0.15, 0.2) is 0 Å². The molecule has 0 amide bonds. The standard InChI is InChI=1S/C10H9BrF3NO2S/c11-7-3-6(9(16)17)4-8(5-7)15-1-2-18-10(12,13)14/h3-5,15H,1-2H2,(H,16,17). The van der Waals surface area contributed by atoms with Gasteiger partial charge in [-0.15, -0.1) is 0 Å². The highest BCUT2D eigenvalue weighted by Gasteiger charge is 2.27. The number of rotatable bonds is 5. The molecule has 0 aliphatic rings. The van der Waals surface area contributed by atoms with Crippen LogP contribution in [0.2, 0.25) is 0 Å². The van der Waals surface area contributed by atoms with Crippen LogP contribution in [0.3, 0.4) is 0 Å². The highest BCUT2D eigenvalue weighted by Crippen LogP contribution is 2.29. The Morgan fingerprint density at radius 2 is 2.06 bits per heavy atom. The summed E-state index contributed by atoms with van der Waals surface area (Å²) in [4.78, 5) is 10.8. The lowest BCUT2D eigenvalue weighted by molar-refractivity contribution is -0.0327. The number of benzene rings is 1. The molecule has 18 heavy (non-hydrogen) atoms. The molecule has 1 aromatic rings. The quantitative estimate of drug-likeness (QED) is 0.798. The van der Waals surface area contributed by atoms with Gasteiger partial charge in [0.05, 0.1) is 5.56 Å². The summed E-state index contributed by atoms with van der Waals surface area (Å²) in [6, 6.07) is 4.38. The average molecular weight is 344 g/mol. The average Bonchev–Trinajstić information content (AvgIpc) is 2.22. The Morgan fingerprint density at radius 1 is 1.39 bits per heavy atom. The van der Waals surface area contributed by atoms with Crippen molar-refractivity contribution in [3.63, 3.8) is 0 Å². The number of anilines is 1. The normalized spacial score (nSPS) is 11.3. The predicted molar refractivity (Wildman–Crippen MR) is 68.1 cm³/mol. The first kappa shape index (κ1) is 15.2. The van der Waals surface area contributed by atoms with Gasteiger partial charge in [-0.25, -0.2) is 4.79 Å². The third kappa shape index (κ3) is 5.63. The minimum Gasteiger partial charge on any atom is -0.478 e. The zero-order valence-corrected chi connectivity index (χ0v) is 11.3. The molecular formula is C10H9BrF3NO2S. The summed E-state index contributed by atoms with van der Waals surface area (Å²) in [5, 5.41) is 11.5. The van der Waals surface area contributed by atoms with Crippen LogP contribution in [0.25, 0.3) is 0 Å². The first-order valence-electron chi connectivity index (χ1n) is 4.76. The Kier molecular flexibility index (Phi) is 5.33. The number of halogens is 4. The third-order valence-electron chi connectivity index (χ3n) is 1.84. The van der Waals surface area contributed by atoms with E-state index in [1.165, 1.54) is 12.1 Å². The van der Waals surface area contributed by atoms with Crippen LogP contribution in [0.4, 0.5) is 18.9 Å². The summed E-state index contributed by atoms with van der Waals surface area (Å²) in [7, 11) is 0. The maximum Gasteiger partial charge on any atom is 0.441 e. The van der Waals surface area contributed by atoms with E-state index in [2.05, 4.69) is 21.2 Å². The molecule has 8 heteroatoms. The zero-order valence-electron chi connectivity index (χ0n) is 8.92. The molecular weight excluding hydrogens is 335 g/mol. The van der Waals surface area contributed by atoms with Gasteiger partial charge in [-0.3, -0.25) is 0 Å². The Hall–Kier alpha value is -0.890. The second kappa shape index (κ2) is 6.33. The van der Waals surface area contributed by atoms with Gasteiger partial charge in [-0.05, 0) is 30.0 Å². The number of nitrogens with one attached hydrogen (secondary N) is 1. The Labute approximate surface area is 114 Å². The highest BCUT2D eigenvalue weighted by atomic mass is 79.9. The summed E-state index contributed by atoms with van der Waals surface area (Å²) in [6.45, 7) is 0.0969. The SMILES string of the molecule is O=C(O)c1cc(Br)cc(NCCSC(F)(F)F)c1. The minimum atomic E-state index is -4.24. The second-order valence-electron chi connectivity index (χ2n) is 3.25. The van der Waals surface area contributed by atoms with Gasteiger partial charge in [0, 0.05) is 22.5 Å². The van der Waals surface area contributed by atoms with Crippen LogP contribution in [0.15, 0.2) is 22.7 Å². The van der Waals surface area contributed by atoms with Crippen LogP contribution < -0.4 is 5.32 Å². The number of alkyl halides is 3. The number of carboxylic acid groups (broad SMARTS) is 1. The van der Waals surface area contributed by atoms with Gasteiger partial charge in [0.1, 0.15) is 0 Å². The van der Waals surface area contributed by atoms with E-state index in [4.69, 9.17) is 5.11 Å². The molecule has 0 bridgehead atoms. The maximum absolute atomic E-state index is 11.9.